The van der Waals surface area contributed by atoms with Crippen LogP contribution in [0.4, 0.5) is 4.39 Å². The van der Waals surface area contributed by atoms with Gasteiger partial charge in [-0.05, 0) is 29.7 Å². The fraction of sp³-hybridized carbons (Fsp3) is 0.214. The lowest BCUT2D eigenvalue weighted by Crippen LogP contribution is -2.15. The average Bonchev–Trinajstić information content (AvgIpc) is 3.00. The Labute approximate surface area is 119 Å². The van der Waals surface area contributed by atoms with Crippen molar-refractivity contribution in [2.75, 3.05) is 7.11 Å². The Morgan fingerprint density at radius 3 is 2.95 bits per heavy atom. The molecule has 3 aromatic rings. The molecular weight excluding hydrogens is 277 g/mol. The molecule has 0 bridgehead atoms. The fourth-order valence-corrected chi connectivity index (χ4v) is 3.31. The maximum absolute atomic E-state index is 13.2. The van der Waals surface area contributed by atoms with Gasteiger partial charge in [-0.3, -0.25) is 4.68 Å². The van der Waals surface area contributed by atoms with Crippen LogP contribution in [0.3, 0.4) is 0 Å². The lowest BCUT2D eigenvalue weighted by atomic mass is 10.1. The summed E-state index contributed by atoms with van der Waals surface area (Å²) in [5, 5.41) is 5.02. The summed E-state index contributed by atoms with van der Waals surface area (Å²) in [5.74, 6) is 0.414. The molecular formula is C14H14FN3OS. The third-order valence-electron chi connectivity index (χ3n) is 3.27. The molecule has 2 aromatic heterocycles. The number of aryl methyl sites for hydroxylation is 1. The Balaban J connectivity index is 2.07. The van der Waals surface area contributed by atoms with E-state index in [0.29, 0.717) is 5.75 Å². The van der Waals surface area contributed by atoms with Crippen LogP contribution in [-0.2, 0) is 7.05 Å². The molecule has 0 aliphatic carbocycles. The van der Waals surface area contributed by atoms with Crippen LogP contribution in [0.5, 0.6) is 5.75 Å². The van der Waals surface area contributed by atoms with Crippen molar-refractivity contribution in [1.82, 2.24) is 9.78 Å². The molecule has 0 fully saturated rings. The maximum atomic E-state index is 13.2. The number of methoxy groups -OCH3 is 1. The first-order valence-corrected chi connectivity index (χ1v) is 6.92. The SMILES string of the molecule is COc1cnn(C)c1C(N)c1cc2cc(F)ccc2s1. The van der Waals surface area contributed by atoms with Gasteiger partial charge in [0.1, 0.15) is 11.5 Å². The molecule has 20 heavy (non-hydrogen) atoms. The number of nitrogens with two attached hydrogens (primary N) is 1. The monoisotopic (exact) mass is 291 g/mol. The summed E-state index contributed by atoms with van der Waals surface area (Å²) in [7, 11) is 3.41. The van der Waals surface area contributed by atoms with E-state index in [0.717, 1.165) is 20.7 Å². The molecule has 1 unspecified atom stereocenters. The highest BCUT2D eigenvalue weighted by Gasteiger charge is 2.20. The fourth-order valence-electron chi connectivity index (χ4n) is 2.26. The molecule has 6 heteroatoms. The number of halogens is 1. The van der Waals surface area contributed by atoms with Crippen LogP contribution >= 0.6 is 11.3 Å². The molecule has 0 spiro atoms. The quantitative estimate of drug-likeness (QED) is 0.807. The van der Waals surface area contributed by atoms with Gasteiger partial charge in [-0.2, -0.15) is 5.10 Å². The van der Waals surface area contributed by atoms with Crippen LogP contribution in [0.1, 0.15) is 16.6 Å². The second-order valence-electron chi connectivity index (χ2n) is 4.53. The van der Waals surface area contributed by atoms with Crippen LogP contribution in [0.2, 0.25) is 0 Å². The summed E-state index contributed by atoms with van der Waals surface area (Å²) in [4.78, 5) is 0.951. The lowest BCUT2D eigenvalue weighted by Gasteiger charge is -2.12. The topological polar surface area (TPSA) is 53.1 Å². The second-order valence-corrected chi connectivity index (χ2v) is 5.65. The van der Waals surface area contributed by atoms with Crippen LogP contribution in [0, 0.1) is 5.82 Å². The largest absolute Gasteiger partial charge is 0.493 e. The standard InChI is InChI=1S/C14H14FN3OS/c1-18-14(10(19-2)7-17-18)13(16)12-6-8-5-9(15)3-4-11(8)20-12/h3-7,13H,16H2,1-2H3. The highest BCUT2D eigenvalue weighted by atomic mass is 32.1. The molecule has 104 valence electrons. The predicted molar refractivity (Wildman–Crippen MR) is 77.6 cm³/mol. The van der Waals surface area contributed by atoms with Crippen LogP contribution in [0.15, 0.2) is 30.5 Å². The van der Waals surface area contributed by atoms with Crippen molar-refractivity contribution in [3.63, 3.8) is 0 Å². The van der Waals surface area contributed by atoms with Gasteiger partial charge in [0.2, 0.25) is 0 Å². The third kappa shape index (κ3) is 2.07. The average molecular weight is 291 g/mol. The lowest BCUT2D eigenvalue weighted by molar-refractivity contribution is 0.406. The molecule has 2 N–H and O–H groups in total. The molecule has 2 heterocycles. The van der Waals surface area contributed by atoms with E-state index < -0.39 is 0 Å². The van der Waals surface area contributed by atoms with Gasteiger partial charge in [0, 0.05) is 16.6 Å². The Bertz CT molecular complexity index is 765. The number of benzene rings is 1. The zero-order chi connectivity index (χ0) is 14.3. The summed E-state index contributed by atoms with van der Waals surface area (Å²) in [5.41, 5.74) is 7.12. The Kier molecular flexibility index (Phi) is 3.19. The minimum absolute atomic E-state index is 0.242. The first-order valence-electron chi connectivity index (χ1n) is 6.10. The minimum Gasteiger partial charge on any atom is -0.493 e. The predicted octanol–water partition coefficient (Wildman–Crippen LogP) is 2.83. The van der Waals surface area contributed by atoms with Gasteiger partial charge in [0.05, 0.1) is 19.3 Å². The molecule has 0 aliphatic rings. The summed E-state index contributed by atoms with van der Waals surface area (Å²) in [6.07, 6.45) is 1.64. The Hall–Kier alpha value is -1.92. The number of ether oxygens (including phenoxy) is 1. The summed E-state index contributed by atoms with van der Waals surface area (Å²) in [6.45, 7) is 0. The molecule has 3 rings (SSSR count). The zero-order valence-corrected chi connectivity index (χ0v) is 11.9. The number of hydrogen-bond acceptors (Lipinski definition) is 4. The van der Waals surface area contributed by atoms with E-state index in [1.54, 1.807) is 35.4 Å². The maximum Gasteiger partial charge on any atom is 0.161 e. The van der Waals surface area contributed by atoms with E-state index in [-0.39, 0.29) is 11.9 Å². The van der Waals surface area contributed by atoms with Gasteiger partial charge in [0.25, 0.3) is 0 Å². The molecule has 1 aromatic carbocycles. The minimum atomic E-state index is -0.349. The summed E-state index contributed by atoms with van der Waals surface area (Å²) >= 11 is 1.55. The molecule has 0 saturated carbocycles. The Morgan fingerprint density at radius 1 is 1.40 bits per heavy atom. The number of nitrogens with zero attached hydrogens (tertiary/aromatic N) is 2. The number of rotatable bonds is 3. The molecule has 4 nitrogen and oxygen atoms in total. The number of aromatic nitrogens is 2. The zero-order valence-electron chi connectivity index (χ0n) is 11.1. The highest BCUT2D eigenvalue weighted by molar-refractivity contribution is 7.19. The normalized spacial score (nSPS) is 12.8. The first kappa shape index (κ1) is 13.1. The van der Waals surface area contributed by atoms with Crippen molar-refractivity contribution >= 4 is 21.4 Å². The summed E-state index contributed by atoms with van der Waals surface area (Å²) < 4.78 is 21.2. The molecule has 0 aliphatic heterocycles. The van der Waals surface area contributed by atoms with Gasteiger partial charge >= 0.3 is 0 Å². The van der Waals surface area contributed by atoms with Crippen molar-refractivity contribution in [2.24, 2.45) is 12.8 Å². The van der Waals surface area contributed by atoms with E-state index >= 15 is 0 Å². The smallest absolute Gasteiger partial charge is 0.161 e. The highest BCUT2D eigenvalue weighted by Crippen LogP contribution is 2.35. The number of thiophene rings is 1. The molecule has 0 saturated heterocycles. The molecule has 0 radical (unpaired) electrons. The Morgan fingerprint density at radius 2 is 2.20 bits per heavy atom. The van der Waals surface area contributed by atoms with Crippen molar-refractivity contribution in [1.29, 1.82) is 0 Å². The van der Waals surface area contributed by atoms with Crippen LogP contribution in [0.25, 0.3) is 10.1 Å². The first-order chi connectivity index (χ1) is 9.60. The van der Waals surface area contributed by atoms with Gasteiger partial charge in [-0.25, -0.2) is 4.39 Å². The molecule has 1 atom stereocenters. The summed E-state index contributed by atoms with van der Waals surface area (Å²) in [6, 6.07) is 6.31. The van der Waals surface area contributed by atoms with E-state index in [2.05, 4.69) is 5.10 Å². The van der Waals surface area contributed by atoms with Crippen molar-refractivity contribution < 1.29 is 9.13 Å². The van der Waals surface area contributed by atoms with Gasteiger partial charge in [-0.15, -0.1) is 11.3 Å². The van der Waals surface area contributed by atoms with Crippen molar-refractivity contribution in [3.8, 4) is 5.75 Å². The molecule has 0 amide bonds. The van der Waals surface area contributed by atoms with E-state index in [4.69, 9.17) is 10.5 Å². The van der Waals surface area contributed by atoms with Crippen molar-refractivity contribution in [3.05, 3.63) is 46.9 Å². The van der Waals surface area contributed by atoms with Gasteiger partial charge < -0.3 is 10.5 Å². The van der Waals surface area contributed by atoms with Crippen molar-refractivity contribution in [2.45, 2.75) is 6.04 Å². The number of hydrogen-bond donors (Lipinski definition) is 1. The van der Waals surface area contributed by atoms with E-state index in [1.165, 1.54) is 12.1 Å². The number of fused-ring (bicyclic) bond motifs is 1. The van der Waals surface area contributed by atoms with E-state index in [9.17, 15) is 4.39 Å². The van der Waals surface area contributed by atoms with E-state index in [1.807, 2.05) is 13.1 Å². The second kappa shape index (κ2) is 4.88. The van der Waals surface area contributed by atoms with Gasteiger partial charge in [0.15, 0.2) is 5.75 Å². The van der Waals surface area contributed by atoms with Gasteiger partial charge in [-0.1, -0.05) is 0 Å². The third-order valence-corrected chi connectivity index (χ3v) is 4.47. The van der Waals surface area contributed by atoms with Crippen LogP contribution in [-0.4, -0.2) is 16.9 Å². The van der Waals surface area contributed by atoms with Crippen LogP contribution < -0.4 is 10.5 Å².